The van der Waals surface area contributed by atoms with Gasteiger partial charge in [0.05, 0.1) is 19.3 Å². The summed E-state index contributed by atoms with van der Waals surface area (Å²) in [5.74, 6) is -1.10. The Balaban J connectivity index is 1.55. The fourth-order valence-corrected chi connectivity index (χ4v) is 6.01. The van der Waals surface area contributed by atoms with Crippen molar-refractivity contribution in [3.8, 4) is 11.5 Å². The number of rotatable bonds is 8. The summed E-state index contributed by atoms with van der Waals surface area (Å²) in [5, 5.41) is 14.4. The first kappa shape index (κ1) is 40.4. The monoisotopic (exact) mass is 727 g/mol. The highest BCUT2D eigenvalue weighted by Crippen LogP contribution is 2.20. The van der Waals surface area contributed by atoms with Gasteiger partial charge in [0.15, 0.2) is 0 Å². The van der Waals surface area contributed by atoms with Crippen molar-refractivity contribution in [1.29, 1.82) is 0 Å². The summed E-state index contributed by atoms with van der Waals surface area (Å²) >= 11 is 0. The van der Waals surface area contributed by atoms with E-state index in [0.717, 1.165) is 36.8 Å². The summed E-state index contributed by atoms with van der Waals surface area (Å²) in [6, 6.07) is 20.6. The van der Waals surface area contributed by atoms with E-state index in [4.69, 9.17) is 9.47 Å². The number of methoxy groups -OCH3 is 1. The van der Waals surface area contributed by atoms with Crippen LogP contribution in [0.2, 0.25) is 0 Å². The van der Waals surface area contributed by atoms with Crippen LogP contribution < -0.4 is 36.1 Å². The van der Waals surface area contributed by atoms with E-state index in [9.17, 15) is 24.0 Å². The van der Waals surface area contributed by atoms with E-state index in [2.05, 4.69) is 26.6 Å². The number of para-hydroxylation sites is 1. The molecule has 53 heavy (non-hydrogen) atoms. The van der Waals surface area contributed by atoms with Crippen molar-refractivity contribution in [2.24, 2.45) is 5.92 Å². The third kappa shape index (κ3) is 13.6. The van der Waals surface area contributed by atoms with Gasteiger partial charge in [-0.3, -0.25) is 24.0 Å². The first-order valence-corrected chi connectivity index (χ1v) is 18.5. The SMILES string of the molecule is COc1ccc(CNC(=O)[C@@H]2CCC(=O)N[C@@H](CC(C)C)C(=O)N[C@@H](Cc3ccccc3)C(=O)NCCCCCCOc3ccccc3C(=O)N2)cc1. The Labute approximate surface area is 312 Å². The summed E-state index contributed by atoms with van der Waals surface area (Å²) < 4.78 is 11.2. The van der Waals surface area contributed by atoms with Gasteiger partial charge in [-0.25, -0.2) is 0 Å². The Morgan fingerprint density at radius 3 is 2.26 bits per heavy atom. The summed E-state index contributed by atoms with van der Waals surface area (Å²) in [4.78, 5) is 67.8. The summed E-state index contributed by atoms with van der Waals surface area (Å²) in [5.41, 5.74) is 1.98. The third-order valence-electron chi connectivity index (χ3n) is 8.94. The van der Waals surface area contributed by atoms with Gasteiger partial charge in [0.25, 0.3) is 5.91 Å². The van der Waals surface area contributed by atoms with E-state index >= 15 is 0 Å². The molecule has 4 rings (SSSR count). The molecule has 3 aromatic carbocycles. The molecule has 0 bridgehead atoms. The highest BCUT2D eigenvalue weighted by atomic mass is 16.5. The smallest absolute Gasteiger partial charge is 0.255 e. The second-order valence-electron chi connectivity index (χ2n) is 13.7. The van der Waals surface area contributed by atoms with Crippen LogP contribution in [0.4, 0.5) is 0 Å². The number of hydrogen-bond acceptors (Lipinski definition) is 7. The maximum Gasteiger partial charge on any atom is 0.255 e. The van der Waals surface area contributed by atoms with Gasteiger partial charge in [0.1, 0.15) is 29.6 Å². The van der Waals surface area contributed by atoms with Gasteiger partial charge in [-0.1, -0.05) is 81.3 Å². The molecule has 0 saturated heterocycles. The molecular weight excluding hydrogens is 674 g/mol. The molecule has 0 spiro atoms. The molecule has 5 amide bonds. The lowest BCUT2D eigenvalue weighted by Gasteiger charge is -2.25. The van der Waals surface area contributed by atoms with Crippen LogP contribution >= 0.6 is 0 Å². The van der Waals surface area contributed by atoms with Crippen LogP contribution in [0.25, 0.3) is 0 Å². The van der Waals surface area contributed by atoms with Gasteiger partial charge >= 0.3 is 0 Å². The van der Waals surface area contributed by atoms with Gasteiger partial charge in [-0.15, -0.1) is 0 Å². The molecule has 0 saturated carbocycles. The van der Waals surface area contributed by atoms with Crippen LogP contribution in [-0.4, -0.2) is 67.9 Å². The maximum absolute atomic E-state index is 13.7. The Morgan fingerprint density at radius 1 is 0.811 bits per heavy atom. The molecule has 1 aliphatic heterocycles. The molecule has 3 aromatic rings. The summed E-state index contributed by atoms with van der Waals surface area (Å²) in [6.07, 6.45) is 3.59. The van der Waals surface area contributed by atoms with Gasteiger partial charge in [-0.2, -0.15) is 0 Å². The van der Waals surface area contributed by atoms with E-state index in [1.807, 2.05) is 56.3 Å². The summed E-state index contributed by atoms with van der Waals surface area (Å²) in [7, 11) is 1.57. The van der Waals surface area contributed by atoms with E-state index < -0.39 is 41.8 Å². The lowest BCUT2D eigenvalue weighted by atomic mass is 10.0. The van der Waals surface area contributed by atoms with Gasteiger partial charge < -0.3 is 36.1 Å². The Bertz CT molecular complexity index is 1650. The molecule has 0 aliphatic carbocycles. The van der Waals surface area contributed by atoms with Crippen LogP contribution in [0.5, 0.6) is 11.5 Å². The zero-order chi connectivity index (χ0) is 38.0. The molecule has 0 unspecified atom stereocenters. The van der Waals surface area contributed by atoms with Crippen LogP contribution in [-0.2, 0) is 32.1 Å². The quantitative estimate of drug-likeness (QED) is 0.232. The van der Waals surface area contributed by atoms with Crippen molar-refractivity contribution >= 4 is 29.5 Å². The highest BCUT2D eigenvalue weighted by molar-refractivity contribution is 6.00. The Kier molecular flexibility index (Phi) is 16.2. The molecule has 1 heterocycles. The van der Waals surface area contributed by atoms with Crippen molar-refractivity contribution in [3.05, 3.63) is 95.6 Å². The highest BCUT2D eigenvalue weighted by Gasteiger charge is 2.29. The average Bonchev–Trinajstić information content (AvgIpc) is 3.16. The first-order valence-electron chi connectivity index (χ1n) is 18.5. The molecular formula is C41H53N5O7. The lowest BCUT2D eigenvalue weighted by molar-refractivity contribution is -0.132. The number of nitrogens with one attached hydrogen (secondary N) is 5. The van der Waals surface area contributed by atoms with Crippen molar-refractivity contribution < 1.29 is 33.4 Å². The molecule has 5 N–H and O–H groups in total. The van der Waals surface area contributed by atoms with Crippen molar-refractivity contribution in [1.82, 2.24) is 26.6 Å². The molecule has 3 atom stereocenters. The first-order chi connectivity index (χ1) is 25.6. The third-order valence-corrected chi connectivity index (χ3v) is 8.94. The predicted molar refractivity (Wildman–Crippen MR) is 202 cm³/mol. The molecule has 12 nitrogen and oxygen atoms in total. The molecule has 0 fully saturated rings. The van der Waals surface area contributed by atoms with E-state index in [-0.39, 0.29) is 43.2 Å². The van der Waals surface area contributed by atoms with Gasteiger partial charge in [0, 0.05) is 25.9 Å². The number of benzene rings is 3. The largest absolute Gasteiger partial charge is 0.497 e. The Hall–Kier alpha value is -5.39. The number of amides is 5. The number of hydrogen-bond donors (Lipinski definition) is 5. The zero-order valence-electron chi connectivity index (χ0n) is 31.0. The van der Waals surface area contributed by atoms with Crippen molar-refractivity contribution in [2.45, 2.75) is 89.9 Å². The minimum absolute atomic E-state index is 0.0376. The molecule has 0 radical (unpaired) electrons. The number of ether oxygens (including phenoxy) is 2. The fraction of sp³-hybridized carbons (Fsp3) is 0.439. The molecule has 12 heteroatoms. The Morgan fingerprint density at radius 2 is 1.53 bits per heavy atom. The standard InChI is InChI=1S/C41H53N5O7/c1-28(2)25-34-41(51)46-35(26-29-13-7-6-8-14-29)40(50)42-23-11-4-5-12-24-53-36-16-10-9-15-32(36)38(48)45-33(21-22-37(47)44-34)39(49)43-27-30-17-19-31(52-3)20-18-30/h6-10,13-20,28,33-35H,4-5,11-12,21-27H2,1-3H3,(H,42,50)(H,43,49)(H,44,47)(H,45,48)(H,46,51)/t33-,34-,35-/m0/s1. The topological polar surface area (TPSA) is 164 Å². The van der Waals surface area contributed by atoms with Crippen LogP contribution in [0.15, 0.2) is 78.9 Å². The van der Waals surface area contributed by atoms with Crippen LogP contribution in [0.1, 0.15) is 80.3 Å². The number of fused-ring (bicyclic) bond motifs is 1. The van der Waals surface area contributed by atoms with Crippen molar-refractivity contribution in [2.75, 3.05) is 20.3 Å². The predicted octanol–water partition coefficient (Wildman–Crippen LogP) is 4.22. The number of carbonyl (C=O) groups is 5. The molecule has 0 aromatic heterocycles. The summed E-state index contributed by atoms with van der Waals surface area (Å²) in [6.45, 7) is 4.90. The minimum Gasteiger partial charge on any atom is -0.497 e. The minimum atomic E-state index is -1.08. The molecule has 1 aliphatic rings. The van der Waals surface area contributed by atoms with E-state index in [0.29, 0.717) is 31.1 Å². The van der Waals surface area contributed by atoms with E-state index in [1.165, 1.54) is 0 Å². The van der Waals surface area contributed by atoms with Gasteiger partial charge in [0.2, 0.25) is 23.6 Å². The van der Waals surface area contributed by atoms with Gasteiger partial charge in [-0.05, 0) is 67.0 Å². The van der Waals surface area contributed by atoms with Crippen molar-refractivity contribution in [3.63, 3.8) is 0 Å². The lowest BCUT2D eigenvalue weighted by Crippen LogP contribution is -2.55. The zero-order valence-corrected chi connectivity index (χ0v) is 31.0. The number of carbonyl (C=O) groups excluding carboxylic acids is 5. The average molecular weight is 728 g/mol. The maximum atomic E-state index is 13.7. The van der Waals surface area contributed by atoms with Crippen LogP contribution in [0, 0.1) is 5.92 Å². The van der Waals surface area contributed by atoms with E-state index in [1.54, 1.807) is 43.5 Å². The second kappa shape index (κ2) is 21.2. The normalized spacial score (nSPS) is 19.8. The molecule has 284 valence electrons. The second-order valence-corrected chi connectivity index (χ2v) is 13.7. The fourth-order valence-electron chi connectivity index (χ4n) is 6.01. The van der Waals surface area contributed by atoms with Crippen LogP contribution in [0.3, 0.4) is 0 Å².